The molecule has 1 aliphatic carbocycles. The van der Waals surface area contributed by atoms with E-state index in [1.165, 1.54) is 12.8 Å². The average molecular weight is 446 g/mol. The van der Waals surface area contributed by atoms with Crippen LogP contribution in [0.5, 0.6) is 5.88 Å². The van der Waals surface area contributed by atoms with E-state index in [-0.39, 0.29) is 30.1 Å². The quantitative estimate of drug-likeness (QED) is 0.398. The number of nitrogens with one attached hydrogen (secondary N) is 1. The zero-order valence-corrected chi connectivity index (χ0v) is 16.5. The van der Waals surface area contributed by atoms with Gasteiger partial charge >= 0.3 is 0 Å². The van der Waals surface area contributed by atoms with Gasteiger partial charge in [0.15, 0.2) is 5.96 Å². The van der Waals surface area contributed by atoms with E-state index in [1.54, 1.807) is 0 Å². The zero-order chi connectivity index (χ0) is 16.1. The first-order valence-corrected chi connectivity index (χ1v) is 8.53. The van der Waals surface area contributed by atoms with Gasteiger partial charge in [-0.25, -0.2) is 9.98 Å². The lowest BCUT2D eigenvalue weighted by Crippen LogP contribution is -2.40. The van der Waals surface area contributed by atoms with Gasteiger partial charge in [-0.3, -0.25) is 0 Å². The second-order valence-corrected chi connectivity index (χ2v) is 6.32. The molecule has 2 fully saturated rings. The standard InChI is InChI=1S/C17H26N4O2.HI/c1-2-18-17(21-8-7-15(22)11-21)20-10-14-5-6-16(19-9-14)23-12-13-3-4-13;/h5-6,9,13,15,22H,2-4,7-8,10-12H2,1H3,(H,18,20);1H/t15-;/m1./s1. The van der Waals surface area contributed by atoms with Crippen molar-refractivity contribution in [2.45, 2.75) is 38.8 Å². The Morgan fingerprint density at radius 2 is 2.25 bits per heavy atom. The third-order valence-corrected chi connectivity index (χ3v) is 4.17. The van der Waals surface area contributed by atoms with Crippen molar-refractivity contribution >= 4 is 29.9 Å². The van der Waals surface area contributed by atoms with E-state index in [9.17, 15) is 5.11 Å². The van der Waals surface area contributed by atoms with Crippen molar-refractivity contribution < 1.29 is 9.84 Å². The molecule has 0 aromatic carbocycles. The van der Waals surface area contributed by atoms with Crippen molar-refractivity contribution in [3.05, 3.63) is 23.9 Å². The fourth-order valence-corrected chi connectivity index (χ4v) is 2.60. The van der Waals surface area contributed by atoms with Crippen LogP contribution in [-0.2, 0) is 6.54 Å². The van der Waals surface area contributed by atoms with Crippen LogP contribution < -0.4 is 10.1 Å². The topological polar surface area (TPSA) is 70.0 Å². The van der Waals surface area contributed by atoms with Crippen LogP contribution in [0, 0.1) is 5.92 Å². The Balaban J connectivity index is 0.00000208. The monoisotopic (exact) mass is 446 g/mol. The second-order valence-electron chi connectivity index (χ2n) is 6.32. The molecule has 1 saturated carbocycles. The van der Waals surface area contributed by atoms with Crippen molar-refractivity contribution in [1.82, 2.24) is 15.2 Å². The van der Waals surface area contributed by atoms with E-state index < -0.39 is 0 Å². The molecule has 6 nitrogen and oxygen atoms in total. The van der Waals surface area contributed by atoms with Gasteiger partial charge in [-0.1, -0.05) is 6.07 Å². The van der Waals surface area contributed by atoms with Crippen LogP contribution in [0.25, 0.3) is 0 Å². The highest BCUT2D eigenvalue weighted by Gasteiger charge is 2.23. The molecule has 7 heteroatoms. The lowest BCUT2D eigenvalue weighted by atomic mass is 10.3. The van der Waals surface area contributed by atoms with E-state index in [0.29, 0.717) is 19.0 Å². The summed E-state index contributed by atoms with van der Waals surface area (Å²) in [4.78, 5) is 11.1. The lowest BCUT2D eigenvalue weighted by molar-refractivity contribution is 0.188. The largest absolute Gasteiger partial charge is 0.477 e. The van der Waals surface area contributed by atoms with Gasteiger partial charge in [-0.15, -0.1) is 24.0 Å². The first-order valence-electron chi connectivity index (χ1n) is 8.53. The fraction of sp³-hybridized carbons (Fsp3) is 0.647. The highest BCUT2D eigenvalue weighted by molar-refractivity contribution is 14.0. The van der Waals surface area contributed by atoms with Crippen molar-refractivity contribution in [1.29, 1.82) is 0 Å². The average Bonchev–Trinajstić information content (AvgIpc) is 3.30. The van der Waals surface area contributed by atoms with Crippen molar-refractivity contribution in [2.75, 3.05) is 26.2 Å². The fourth-order valence-electron chi connectivity index (χ4n) is 2.60. The summed E-state index contributed by atoms with van der Waals surface area (Å²) in [5.74, 6) is 2.29. The predicted molar refractivity (Wildman–Crippen MR) is 105 cm³/mol. The molecule has 0 spiro atoms. The normalized spacial score (nSPS) is 20.7. The van der Waals surface area contributed by atoms with Gasteiger partial charge in [0, 0.05) is 31.9 Å². The minimum absolute atomic E-state index is 0. The van der Waals surface area contributed by atoms with Crippen LogP contribution in [0.15, 0.2) is 23.3 Å². The summed E-state index contributed by atoms with van der Waals surface area (Å²) in [5.41, 5.74) is 1.05. The highest BCUT2D eigenvalue weighted by Crippen LogP contribution is 2.29. The van der Waals surface area contributed by atoms with Gasteiger partial charge in [0.2, 0.25) is 5.88 Å². The first kappa shape index (κ1) is 19.2. The summed E-state index contributed by atoms with van der Waals surface area (Å²) in [5, 5.41) is 13.0. The number of ether oxygens (including phenoxy) is 1. The van der Waals surface area contributed by atoms with E-state index in [0.717, 1.165) is 43.6 Å². The van der Waals surface area contributed by atoms with Crippen LogP contribution >= 0.6 is 24.0 Å². The molecule has 1 aliphatic heterocycles. The van der Waals surface area contributed by atoms with Gasteiger partial charge < -0.3 is 20.1 Å². The molecule has 0 unspecified atom stereocenters. The Morgan fingerprint density at radius 1 is 1.42 bits per heavy atom. The maximum atomic E-state index is 9.68. The molecule has 0 radical (unpaired) electrons. The summed E-state index contributed by atoms with van der Waals surface area (Å²) in [6.45, 7) is 5.72. The number of halogens is 1. The highest BCUT2D eigenvalue weighted by atomic mass is 127. The van der Waals surface area contributed by atoms with Gasteiger partial charge in [-0.05, 0) is 37.7 Å². The van der Waals surface area contributed by atoms with E-state index in [2.05, 4.69) is 27.1 Å². The number of aromatic nitrogens is 1. The molecule has 3 rings (SSSR count). The summed E-state index contributed by atoms with van der Waals surface area (Å²) >= 11 is 0. The number of aliphatic hydroxyl groups is 1. The molecule has 2 N–H and O–H groups in total. The molecule has 134 valence electrons. The number of hydrogen-bond donors (Lipinski definition) is 2. The first-order chi connectivity index (χ1) is 11.2. The summed E-state index contributed by atoms with van der Waals surface area (Å²) in [6, 6.07) is 3.93. The molecule has 1 saturated heterocycles. The zero-order valence-electron chi connectivity index (χ0n) is 14.1. The van der Waals surface area contributed by atoms with Crippen LogP contribution in [0.2, 0.25) is 0 Å². The smallest absolute Gasteiger partial charge is 0.213 e. The molecule has 0 bridgehead atoms. The third-order valence-electron chi connectivity index (χ3n) is 4.17. The molecule has 2 heterocycles. The van der Waals surface area contributed by atoms with Gasteiger partial charge in [0.25, 0.3) is 0 Å². The van der Waals surface area contributed by atoms with Gasteiger partial charge in [-0.2, -0.15) is 0 Å². The van der Waals surface area contributed by atoms with E-state index in [1.807, 2.05) is 18.3 Å². The molecular formula is C17H27IN4O2. The lowest BCUT2D eigenvalue weighted by Gasteiger charge is -2.20. The molecule has 1 aromatic rings. The van der Waals surface area contributed by atoms with Crippen LogP contribution in [-0.4, -0.2) is 53.3 Å². The van der Waals surface area contributed by atoms with E-state index >= 15 is 0 Å². The molecular weight excluding hydrogens is 419 g/mol. The molecule has 0 amide bonds. The summed E-state index contributed by atoms with van der Waals surface area (Å²) in [6.07, 6.45) is 4.95. The Labute approximate surface area is 160 Å². The number of pyridine rings is 1. The maximum Gasteiger partial charge on any atom is 0.213 e. The number of likely N-dealkylation sites (tertiary alicyclic amines) is 1. The second kappa shape index (κ2) is 9.41. The number of hydrogen-bond acceptors (Lipinski definition) is 4. The Morgan fingerprint density at radius 3 is 2.83 bits per heavy atom. The molecule has 2 aliphatic rings. The number of nitrogens with zero attached hydrogens (tertiary/aromatic N) is 3. The Hall–Kier alpha value is -1.09. The van der Waals surface area contributed by atoms with Crippen LogP contribution in [0.1, 0.15) is 31.7 Å². The maximum absolute atomic E-state index is 9.68. The van der Waals surface area contributed by atoms with Gasteiger partial charge in [0.05, 0.1) is 19.3 Å². The SMILES string of the molecule is CCNC(=NCc1ccc(OCC2CC2)nc1)N1CC[C@@H](O)C1.I. The summed E-state index contributed by atoms with van der Waals surface area (Å²) < 4.78 is 5.65. The Kier molecular flexibility index (Phi) is 7.54. The van der Waals surface area contributed by atoms with Crippen molar-refractivity contribution in [2.24, 2.45) is 10.9 Å². The van der Waals surface area contributed by atoms with Crippen molar-refractivity contribution in [3.8, 4) is 5.88 Å². The van der Waals surface area contributed by atoms with Crippen molar-refractivity contribution in [3.63, 3.8) is 0 Å². The molecule has 1 atom stereocenters. The Bertz CT molecular complexity index is 534. The van der Waals surface area contributed by atoms with E-state index in [4.69, 9.17) is 4.74 Å². The molecule has 24 heavy (non-hydrogen) atoms. The van der Waals surface area contributed by atoms with Gasteiger partial charge in [0.1, 0.15) is 0 Å². The predicted octanol–water partition coefficient (Wildman–Crippen LogP) is 2.02. The minimum Gasteiger partial charge on any atom is -0.477 e. The summed E-state index contributed by atoms with van der Waals surface area (Å²) in [7, 11) is 0. The van der Waals surface area contributed by atoms with Crippen LogP contribution in [0.3, 0.4) is 0 Å². The minimum atomic E-state index is -0.247. The molecule has 1 aromatic heterocycles. The third kappa shape index (κ3) is 5.77. The number of rotatable bonds is 6. The number of β-amino-alcohol motifs (C(OH)–C–C–N with tert-alkyl or cyclic N) is 1. The van der Waals surface area contributed by atoms with Crippen LogP contribution in [0.4, 0.5) is 0 Å². The number of aliphatic imine (C=N–C) groups is 1. The number of aliphatic hydroxyl groups excluding tert-OH is 1. The number of guanidine groups is 1.